The van der Waals surface area contributed by atoms with E-state index in [2.05, 4.69) is 5.32 Å². The van der Waals surface area contributed by atoms with Crippen molar-refractivity contribution in [1.29, 1.82) is 0 Å². The molecule has 2 fully saturated rings. The van der Waals surface area contributed by atoms with Crippen LogP contribution in [0.4, 0.5) is 0 Å². The number of hydrogen-bond acceptors (Lipinski definition) is 5. The highest BCUT2D eigenvalue weighted by Crippen LogP contribution is 2.38. The molecule has 2 aliphatic heterocycles. The Hall–Kier alpha value is -2.80. The summed E-state index contributed by atoms with van der Waals surface area (Å²) in [5, 5.41) is 13.3. The number of carbonyl (C=O) groups excluding carboxylic acids is 2. The quantitative estimate of drug-likeness (QED) is 0.845. The van der Waals surface area contributed by atoms with Crippen LogP contribution in [0.15, 0.2) is 40.8 Å². The lowest BCUT2D eigenvalue weighted by Gasteiger charge is -2.46. The number of piperidine rings is 2. The summed E-state index contributed by atoms with van der Waals surface area (Å²) in [5.74, 6) is 1.07. The number of likely N-dealkylation sites (tertiary alicyclic amines) is 1. The van der Waals surface area contributed by atoms with Crippen LogP contribution in [0, 0.1) is 5.41 Å². The molecule has 2 aliphatic rings. The van der Waals surface area contributed by atoms with Crippen molar-refractivity contribution in [2.24, 2.45) is 5.41 Å². The molecular weight excluding hydrogens is 360 g/mol. The molecule has 0 aliphatic carbocycles. The average molecular weight is 384 g/mol. The standard InChI is InChI=1S/C21H24N2O5/c1-27-15-5-2-4-14(12-15)16-6-7-17(28-16)19(25)23-11-8-18(24)21(13-23)9-3-10-22-20(21)26/h2,4-7,12,18,24H,3,8-11,13H2,1H3,(H,22,26)/t18-,21-/m1/s1. The average Bonchev–Trinajstić information content (AvgIpc) is 3.22. The predicted octanol–water partition coefficient (Wildman–Crippen LogP) is 2.06. The van der Waals surface area contributed by atoms with E-state index in [1.807, 2.05) is 24.3 Å². The van der Waals surface area contributed by atoms with Gasteiger partial charge in [-0.05, 0) is 43.5 Å². The van der Waals surface area contributed by atoms with Crippen LogP contribution in [0.5, 0.6) is 5.75 Å². The van der Waals surface area contributed by atoms with Gasteiger partial charge >= 0.3 is 0 Å². The molecule has 1 aromatic heterocycles. The van der Waals surface area contributed by atoms with Gasteiger partial charge in [0.1, 0.15) is 11.5 Å². The number of nitrogens with zero attached hydrogens (tertiary/aromatic N) is 1. The Bertz CT molecular complexity index is 892. The second-order valence-electron chi connectivity index (χ2n) is 7.44. The number of nitrogens with one attached hydrogen (secondary N) is 1. The van der Waals surface area contributed by atoms with Crippen molar-refractivity contribution in [3.63, 3.8) is 0 Å². The van der Waals surface area contributed by atoms with E-state index >= 15 is 0 Å². The summed E-state index contributed by atoms with van der Waals surface area (Å²) in [6.45, 7) is 1.21. The van der Waals surface area contributed by atoms with Gasteiger partial charge in [0.2, 0.25) is 5.91 Å². The Kier molecular flexibility index (Phi) is 4.85. The maximum Gasteiger partial charge on any atom is 0.289 e. The van der Waals surface area contributed by atoms with Gasteiger partial charge in [-0.1, -0.05) is 12.1 Å². The molecule has 0 saturated carbocycles. The van der Waals surface area contributed by atoms with E-state index in [-0.39, 0.29) is 24.1 Å². The second kappa shape index (κ2) is 7.31. The fourth-order valence-electron chi connectivity index (χ4n) is 4.16. The van der Waals surface area contributed by atoms with Crippen molar-refractivity contribution in [2.45, 2.75) is 25.4 Å². The minimum atomic E-state index is -0.922. The van der Waals surface area contributed by atoms with E-state index in [0.29, 0.717) is 37.4 Å². The third-order valence-electron chi connectivity index (χ3n) is 5.78. The predicted molar refractivity (Wildman–Crippen MR) is 102 cm³/mol. The monoisotopic (exact) mass is 384 g/mol. The van der Waals surface area contributed by atoms with Gasteiger partial charge in [0.05, 0.1) is 18.6 Å². The first kappa shape index (κ1) is 18.6. The summed E-state index contributed by atoms with van der Waals surface area (Å²) in [6, 6.07) is 10.8. The molecule has 2 aromatic rings. The van der Waals surface area contributed by atoms with E-state index in [4.69, 9.17) is 9.15 Å². The number of aliphatic hydroxyl groups is 1. The third kappa shape index (κ3) is 3.16. The number of carbonyl (C=O) groups is 2. The van der Waals surface area contributed by atoms with Crippen molar-refractivity contribution < 1.29 is 23.8 Å². The molecular formula is C21H24N2O5. The van der Waals surface area contributed by atoms with E-state index in [9.17, 15) is 14.7 Å². The van der Waals surface area contributed by atoms with Crippen LogP contribution in [-0.2, 0) is 4.79 Å². The molecule has 28 heavy (non-hydrogen) atoms. The fraction of sp³-hybridized carbons (Fsp3) is 0.429. The van der Waals surface area contributed by atoms with Crippen LogP contribution in [0.3, 0.4) is 0 Å². The van der Waals surface area contributed by atoms with E-state index in [1.54, 1.807) is 24.1 Å². The summed E-state index contributed by atoms with van der Waals surface area (Å²) in [5.41, 5.74) is -0.107. The Morgan fingerprint density at radius 2 is 2.21 bits per heavy atom. The number of furan rings is 1. The van der Waals surface area contributed by atoms with Crippen LogP contribution in [0.25, 0.3) is 11.3 Å². The van der Waals surface area contributed by atoms with Crippen molar-refractivity contribution in [3.8, 4) is 17.1 Å². The van der Waals surface area contributed by atoms with Crippen LogP contribution >= 0.6 is 0 Å². The molecule has 7 heteroatoms. The summed E-state index contributed by atoms with van der Waals surface area (Å²) < 4.78 is 11.0. The van der Waals surface area contributed by atoms with Crippen LogP contribution < -0.4 is 10.1 Å². The van der Waals surface area contributed by atoms with Gasteiger partial charge in [0, 0.05) is 25.2 Å². The highest BCUT2D eigenvalue weighted by Gasteiger charge is 2.50. The van der Waals surface area contributed by atoms with Crippen molar-refractivity contribution in [3.05, 3.63) is 42.2 Å². The first-order chi connectivity index (χ1) is 13.5. The first-order valence-corrected chi connectivity index (χ1v) is 9.53. The number of aliphatic hydroxyl groups excluding tert-OH is 1. The third-order valence-corrected chi connectivity index (χ3v) is 5.78. The molecule has 2 amide bonds. The summed E-state index contributed by atoms with van der Waals surface area (Å²) in [6.07, 6.45) is 1.02. The smallest absolute Gasteiger partial charge is 0.289 e. The van der Waals surface area contributed by atoms with Crippen molar-refractivity contribution in [2.75, 3.05) is 26.7 Å². The molecule has 0 radical (unpaired) electrons. The topological polar surface area (TPSA) is 92.0 Å². The molecule has 2 atom stereocenters. The normalized spacial score (nSPS) is 24.9. The molecule has 1 spiro atoms. The summed E-state index contributed by atoms with van der Waals surface area (Å²) in [7, 11) is 1.60. The number of methoxy groups -OCH3 is 1. The lowest BCUT2D eigenvalue weighted by molar-refractivity contribution is -0.147. The Morgan fingerprint density at radius 3 is 3.00 bits per heavy atom. The minimum absolute atomic E-state index is 0.166. The number of ether oxygens (including phenoxy) is 1. The zero-order valence-corrected chi connectivity index (χ0v) is 15.8. The van der Waals surface area contributed by atoms with E-state index in [0.717, 1.165) is 12.0 Å². The van der Waals surface area contributed by atoms with Gasteiger partial charge in [-0.15, -0.1) is 0 Å². The summed E-state index contributed by atoms with van der Waals surface area (Å²) >= 11 is 0. The second-order valence-corrected chi connectivity index (χ2v) is 7.44. The number of benzene rings is 1. The number of amides is 2. The Balaban J connectivity index is 1.55. The van der Waals surface area contributed by atoms with Crippen LogP contribution in [-0.4, -0.2) is 54.7 Å². The molecule has 0 bridgehead atoms. The van der Waals surface area contributed by atoms with Crippen LogP contribution in [0.2, 0.25) is 0 Å². The number of hydrogen-bond donors (Lipinski definition) is 2. The Morgan fingerprint density at radius 1 is 1.36 bits per heavy atom. The zero-order chi connectivity index (χ0) is 19.7. The molecule has 148 valence electrons. The van der Waals surface area contributed by atoms with Crippen molar-refractivity contribution >= 4 is 11.8 Å². The maximum atomic E-state index is 13.0. The van der Waals surface area contributed by atoms with Gasteiger partial charge in [-0.25, -0.2) is 0 Å². The van der Waals surface area contributed by atoms with Crippen molar-refractivity contribution in [1.82, 2.24) is 10.2 Å². The largest absolute Gasteiger partial charge is 0.497 e. The van der Waals surface area contributed by atoms with Gasteiger partial charge in [-0.2, -0.15) is 0 Å². The molecule has 1 aromatic carbocycles. The Labute approximate surface area is 163 Å². The zero-order valence-electron chi connectivity index (χ0n) is 15.8. The lowest BCUT2D eigenvalue weighted by atomic mass is 9.71. The lowest BCUT2D eigenvalue weighted by Crippen LogP contribution is -2.62. The summed E-state index contributed by atoms with van der Waals surface area (Å²) in [4.78, 5) is 27.1. The van der Waals surface area contributed by atoms with Gasteiger partial charge < -0.3 is 24.5 Å². The highest BCUT2D eigenvalue weighted by molar-refractivity contribution is 5.93. The maximum absolute atomic E-state index is 13.0. The SMILES string of the molecule is COc1cccc(-c2ccc(C(=O)N3CC[C@@H](O)[C@@]4(CCCNC4=O)C3)o2)c1. The fourth-order valence-corrected chi connectivity index (χ4v) is 4.16. The molecule has 0 unspecified atom stereocenters. The molecule has 3 heterocycles. The molecule has 7 nitrogen and oxygen atoms in total. The first-order valence-electron chi connectivity index (χ1n) is 9.53. The molecule has 2 N–H and O–H groups in total. The van der Waals surface area contributed by atoms with E-state index in [1.165, 1.54) is 0 Å². The van der Waals surface area contributed by atoms with Gasteiger partial charge in [0.15, 0.2) is 5.76 Å². The molecule has 2 saturated heterocycles. The van der Waals surface area contributed by atoms with E-state index < -0.39 is 11.5 Å². The molecule has 4 rings (SSSR count). The highest BCUT2D eigenvalue weighted by atomic mass is 16.5. The van der Waals surface area contributed by atoms with Crippen LogP contribution in [0.1, 0.15) is 29.8 Å². The minimum Gasteiger partial charge on any atom is -0.497 e. The number of rotatable bonds is 3. The van der Waals surface area contributed by atoms with Gasteiger partial charge in [-0.3, -0.25) is 9.59 Å². The van der Waals surface area contributed by atoms with Gasteiger partial charge in [0.25, 0.3) is 5.91 Å².